The first-order chi connectivity index (χ1) is 6.13. The summed E-state index contributed by atoms with van der Waals surface area (Å²) in [4.78, 5) is 22.2. The highest BCUT2D eigenvalue weighted by molar-refractivity contribution is 7.97. The molecule has 0 aromatic heterocycles. The molecule has 13 heavy (non-hydrogen) atoms. The molecule has 0 heterocycles. The van der Waals surface area contributed by atoms with Crippen LogP contribution < -0.4 is 0 Å². The number of carbonyl (C=O) groups excluding carboxylic acids is 2. The van der Waals surface area contributed by atoms with Gasteiger partial charge >= 0.3 is 0 Å². The van der Waals surface area contributed by atoms with E-state index in [1.165, 1.54) is 0 Å². The van der Waals surface area contributed by atoms with Gasteiger partial charge in [-0.25, -0.2) is 0 Å². The molecule has 0 aromatic rings. The van der Waals surface area contributed by atoms with E-state index in [1.807, 2.05) is 0 Å². The van der Waals surface area contributed by atoms with E-state index in [0.29, 0.717) is 24.0 Å². The van der Waals surface area contributed by atoms with Crippen molar-refractivity contribution in [1.82, 2.24) is 0 Å². The maximum Gasteiger partial charge on any atom is 0.212 e. The van der Waals surface area contributed by atoms with Gasteiger partial charge in [0.05, 0.1) is 0 Å². The lowest BCUT2D eigenvalue weighted by molar-refractivity contribution is -0.110. The molecular weight excluding hydrogens is 204 g/mol. The molecule has 72 valence electrons. The summed E-state index contributed by atoms with van der Waals surface area (Å²) < 4.78 is 0. The van der Waals surface area contributed by atoms with Gasteiger partial charge in [-0.1, -0.05) is 6.42 Å². The standard InChI is InChI=1S/C9H12O2S2/c10-8(12)6-4-2-1-3-5-7(6)9(11)13/h1-5H2,(H,10,12)(H,11,13). The first-order valence-electron chi connectivity index (χ1n) is 4.31. The van der Waals surface area contributed by atoms with Crippen molar-refractivity contribution in [2.45, 2.75) is 32.1 Å². The first-order valence-corrected chi connectivity index (χ1v) is 5.21. The van der Waals surface area contributed by atoms with E-state index in [4.69, 9.17) is 0 Å². The minimum atomic E-state index is -0.278. The molecule has 0 fully saturated rings. The fraction of sp³-hybridized carbons (Fsp3) is 0.556. The fourth-order valence-electron chi connectivity index (χ4n) is 1.55. The molecule has 0 bridgehead atoms. The molecule has 2 nitrogen and oxygen atoms in total. The topological polar surface area (TPSA) is 34.1 Å². The Balaban J connectivity index is 2.99. The molecule has 0 radical (unpaired) electrons. The van der Waals surface area contributed by atoms with Gasteiger partial charge in [0.1, 0.15) is 0 Å². The van der Waals surface area contributed by atoms with Gasteiger partial charge in [-0.15, -0.1) is 25.3 Å². The van der Waals surface area contributed by atoms with Gasteiger partial charge in [-0.3, -0.25) is 9.59 Å². The van der Waals surface area contributed by atoms with Crippen LogP contribution in [0.15, 0.2) is 11.1 Å². The maximum absolute atomic E-state index is 11.1. The van der Waals surface area contributed by atoms with E-state index < -0.39 is 0 Å². The van der Waals surface area contributed by atoms with Crippen LogP contribution in [-0.2, 0) is 9.59 Å². The Morgan fingerprint density at radius 1 is 0.846 bits per heavy atom. The van der Waals surface area contributed by atoms with Crippen molar-refractivity contribution in [3.8, 4) is 0 Å². The van der Waals surface area contributed by atoms with Gasteiger partial charge in [0.2, 0.25) is 10.2 Å². The fourth-order valence-corrected chi connectivity index (χ4v) is 2.05. The lowest BCUT2D eigenvalue weighted by Gasteiger charge is -2.04. The zero-order chi connectivity index (χ0) is 9.84. The van der Waals surface area contributed by atoms with Crippen LogP contribution in [-0.4, -0.2) is 10.2 Å². The van der Waals surface area contributed by atoms with Crippen LogP contribution in [0.1, 0.15) is 32.1 Å². The SMILES string of the molecule is O=C(S)C1=C(C(=O)S)CCCCC1. The van der Waals surface area contributed by atoms with Crippen LogP contribution >= 0.6 is 25.3 Å². The van der Waals surface area contributed by atoms with Gasteiger partial charge in [0.25, 0.3) is 0 Å². The quantitative estimate of drug-likeness (QED) is 0.694. The molecule has 0 unspecified atom stereocenters. The Morgan fingerprint density at radius 3 is 1.54 bits per heavy atom. The number of rotatable bonds is 2. The maximum atomic E-state index is 11.1. The molecule has 4 heteroatoms. The van der Waals surface area contributed by atoms with Crippen LogP contribution in [0.4, 0.5) is 0 Å². The summed E-state index contributed by atoms with van der Waals surface area (Å²) in [6.07, 6.45) is 4.33. The van der Waals surface area contributed by atoms with Crippen LogP contribution in [0.5, 0.6) is 0 Å². The predicted octanol–water partition coefficient (Wildman–Crippen LogP) is 2.16. The van der Waals surface area contributed by atoms with Crippen LogP contribution in [0.25, 0.3) is 0 Å². The summed E-state index contributed by atoms with van der Waals surface area (Å²) >= 11 is 7.52. The summed E-state index contributed by atoms with van der Waals surface area (Å²) in [5, 5.41) is -0.557. The van der Waals surface area contributed by atoms with E-state index in [2.05, 4.69) is 25.3 Å². The Bertz CT molecular complexity index is 243. The van der Waals surface area contributed by atoms with E-state index in [-0.39, 0.29) is 10.2 Å². The van der Waals surface area contributed by atoms with E-state index in [1.54, 1.807) is 0 Å². The largest absolute Gasteiger partial charge is 0.282 e. The van der Waals surface area contributed by atoms with Gasteiger partial charge in [-0.05, 0) is 25.7 Å². The second kappa shape index (κ2) is 4.86. The zero-order valence-electron chi connectivity index (χ0n) is 7.25. The molecule has 0 spiro atoms. The zero-order valence-corrected chi connectivity index (χ0v) is 9.04. The van der Waals surface area contributed by atoms with Gasteiger partial charge in [-0.2, -0.15) is 0 Å². The van der Waals surface area contributed by atoms with E-state index in [9.17, 15) is 9.59 Å². The lowest BCUT2D eigenvalue weighted by atomic mass is 10.1. The summed E-state index contributed by atoms with van der Waals surface area (Å²) in [7, 11) is 0. The number of hydrogen-bond acceptors (Lipinski definition) is 2. The number of thiol groups is 2. The third-order valence-corrected chi connectivity index (χ3v) is 2.77. The van der Waals surface area contributed by atoms with Crippen molar-refractivity contribution in [1.29, 1.82) is 0 Å². The van der Waals surface area contributed by atoms with Crippen molar-refractivity contribution < 1.29 is 9.59 Å². The Morgan fingerprint density at radius 2 is 1.23 bits per heavy atom. The molecule has 0 atom stereocenters. The monoisotopic (exact) mass is 216 g/mol. The Kier molecular flexibility index (Phi) is 4.06. The molecule has 0 N–H and O–H groups in total. The highest BCUT2D eigenvalue weighted by Gasteiger charge is 2.18. The number of hydrogen-bond donors (Lipinski definition) is 2. The number of carbonyl (C=O) groups is 2. The first kappa shape index (κ1) is 10.9. The molecule has 1 aliphatic carbocycles. The van der Waals surface area contributed by atoms with Crippen molar-refractivity contribution in [2.24, 2.45) is 0 Å². The second-order valence-electron chi connectivity index (χ2n) is 3.13. The van der Waals surface area contributed by atoms with Crippen molar-refractivity contribution in [2.75, 3.05) is 0 Å². The normalized spacial score (nSPS) is 18.3. The lowest BCUT2D eigenvalue weighted by Crippen LogP contribution is -2.03. The third kappa shape index (κ3) is 2.88. The van der Waals surface area contributed by atoms with Gasteiger partial charge in [0.15, 0.2) is 0 Å². The molecule has 0 aromatic carbocycles. The van der Waals surface area contributed by atoms with Crippen LogP contribution in [0.3, 0.4) is 0 Å². The summed E-state index contributed by atoms with van der Waals surface area (Å²) in [6.45, 7) is 0. The molecule has 1 aliphatic rings. The minimum Gasteiger partial charge on any atom is -0.282 e. The summed E-state index contributed by atoms with van der Waals surface area (Å²) in [5.74, 6) is 0. The van der Waals surface area contributed by atoms with Crippen LogP contribution in [0, 0.1) is 0 Å². The molecular formula is C9H12O2S2. The van der Waals surface area contributed by atoms with E-state index >= 15 is 0 Å². The minimum absolute atomic E-state index is 0.278. The highest BCUT2D eigenvalue weighted by atomic mass is 32.1. The third-order valence-electron chi connectivity index (χ3n) is 2.23. The van der Waals surface area contributed by atoms with Crippen LogP contribution in [0.2, 0.25) is 0 Å². The predicted molar refractivity (Wildman–Crippen MR) is 58.1 cm³/mol. The van der Waals surface area contributed by atoms with Crippen molar-refractivity contribution >= 4 is 35.5 Å². The second-order valence-corrected chi connectivity index (χ2v) is 3.94. The molecule has 0 saturated carbocycles. The average molecular weight is 216 g/mol. The summed E-state index contributed by atoms with van der Waals surface area (Å²) in [6, 6.07) is 0. The van der Waals surface area contributed by atoms with Gasteiger partial charge < -0.3 is 0 Å². The Hall–Kier alpha value is -0.220. The molecule has 1 rings (SSSR count). The van der Waals surface area contributed by atoms with Gasteiger partial charge in [0, 0.05) is 11.1 Å². The summed E-state index contributed by atoms with van der Waals surface area (Å²) in [5.41, 5.74) is 1.14. The van der Waals surface area contributed by atoms with E-state index in [0.717, 1.165) is 19.3 Å². The molecule has 0 saturated heterocycles. The van der Waals surface area contributed by atoms with Crippen molar-refractivity contribution in [3.05, 3.63) is 11.1 Å². The molecule has 0 aliphatic heterocycles. The smallest absolute Gasteiger partial charge is 0.212 e. The Labute approximate surface area is 88.6 Å². The average Bonchev–Trinajstić information content (AvgIpc) is 2.27. The highest BCUT2D eigenvalue weighted by Crippen LogP contribution is 2.26. The molecule has 0 amide bonds. The van der Waals surface area contributed by atoms with Crippen molar-refractivity contribution in [3.63, 3.8) is 0 Å².